The van der Waals surface area contributed by atoms with Crippen molar-refractivity contribution in [3.63, 3.8) is 0 Å². The summed E-state index contributed by atoms with van der Waals surface area (Å²) >= 11 is 0. The van der Waals surface area contributed by atoms with Gasteiger partial charge < -0.3 is 32.9 Å². The van der Waals surface area contributed by atoms with E-state index in [9.17, 15) is 0 Å². The summed E-state index contributed by atoms with van der Waals surface area (Å²) in [7, 11) is -14.8. The Labute approximate surface area is 158 Å². The molecule has 0 fully saturated rings. The van der Waals surface area contributed by atoms with Crippen molar-refractivity contribution in [2.45, 2.75) is 0 Å². The summed E-state index contributed by atoms with van der Waals surface area (Å²) in [6.07, 6.45) is 0. The quantitative estimate of drug-likeness (QED) is 0.265. The number of hydrogen-bond donors (Lipinski definition) is 0. The second kappa shape index (κ2) is 27.3. The molecule has 0 saturated heterocycles. The van der Waals surface area contributed by atoms with Crippen LogP contribution < -0.4 is 55.9 Å². The fourth-order valence-corrected chi connectivity index (χ4v) is 0. The van der Waals surface area contributed by atoms with E-state index in [0.29, 0.717) is 0 Å². The van der Waals surface area contributed by atoms with E-state index >= 15 is 0 Å². The molecule has 0 unspecified atom stereocenters. The third-order valence-electron chi connectivity index (χ3n) is 0. The molecule has 0 rings (SSSR count). The van der Waals surface area contributed by atoms with E-state index in [4.69, 9.17) is 55.9 Å². The molecule has 0 aromatic carbocycles. The fraction of sp³-hybridized carbons (Fsp3) is 0. The summed E-state index contributed by atoms with van der Waals surface area (Å²) in [6, 6.07) is 0. The van der Waals surface area contributed by atoms with Gasteiger partial charge in [0.1, 0.15) is 0 Å². The van der Waals surface area contributed by atoms with Gasteiger partial charge in [0.2, 0.25) is 0 Å². The molecule has 0 bridgehead atoms. The Morgan fingerprint density at radius 2 is 0.273 bits per heavy atom. The first-order valence-electron chi connectivity index (χ1n) is 1.85. The predicted molar refractivity (Wildman–Crippen MR) is 21.7 cm³/mol. The normalized spacial score (nSPS) is 8.18. The van der Waals surface area contributed by atoms with Gasteiger partial charge in [0.15, 0.2) is 0 Å². The van der Waals surface area contributed by atoms with Crippen molar-refractivity contribution < 1.29 is 159 Å². The predicted octanol–water partition coefficient (Wildman–Crippen LogP) is -19.2. The molecule has 0 aromatic heterocycles. The molecule has 0 aliphatic rings. The summed E-state index contributed by atoms with van der Waals surface area (Å²) in [5.74, 6) is 0. The molecule has 22 heavy (non-hydrogen) atoms. The second-order valence-electron chi connectivity index (χ2n) is 1.13. The van der Waals surface area contributed by atoms with Gasteiger partial charge >= 0.3 is 39.9 Å². The van der Waals surface area contributed by atoms with Gasteiger partial charge in [0, 0.05) is 0 Å². The van der Waals surface area contributed by atoms with Crippen LogP contribution in [0.5, 0.6) is 0 Å². The van der Waals surface area contributed by atoms with Crippen molar-refractivity contribution in [2.24, 2.45) is 0 Å². The average Bonchev–Trinajstić information content (AvgIpc) is 1.41. The van der Waals surface area contributed by atoms with E-state index in [2.05, 4.69) is 0 Å². The first kappa shape index (κ1) is 65.3. The van der Waals surface area contributed by atoms with Crippen LogP contribution in [0.3, 0.4) is 0 Å². The van der Waals surface area contributed by atoms with Gasteiger partial charge in [0.25, 0.3) is 0 Å². The molecule has 1 radical (unpaired) electrons. The number of rotatable bonds is 0. The van der Waals surface area contributed by atoms with E-state index in [1.54, 1.807) is 0 Å². The Hall–Kier alpha value is 1.47. The Kier molecular flexibility index (Phi) is 81.1. The molecule has 0 aliphatic carbocycles. The van der Waals surface area contributed by atoms with Gasteiger partial charge in [-0.25, -0.2) is 55.9 Å². The Bertz CT molecular complexity index is 93.4. The van der Waals surface area contributed by atoms with Gasteiger partial charge in [-0.2, -0.15) is 0 Å². The summed E-state index contributed by atoms with van der Waals surface area (Å²) < 4.78 is 102. The third kappa shape index (κ3) is 4140. The van der Waals surface area contributed by atoms with E-state index < -0.39 is 30.7 Å². The van der Waals surface area contributed by atoms with E-state index in [-0.39, 0.29) is 72.8 Å². The molecule has 149 valence electrons. The first-order chi connectivity index (χ1) is 6.00. The van der Waals surface area contributed by atoms with Crippen LogP contribution in [0.4, 0.5) is 0 Å². The van der Waals surface area contributed by atoms with Gasteiger partial charge in [0.05, 0.1) is 0 Å². The van der Waals surface area contributed by atoms with E-state index in [0.717, 1.165) is 0 Å². The van der Waals surface area contributed by atoms with E-state index in [1.165, 1.54) is 0 Å². The van der Waals surface area contributed by atoms with Gasteiger partial charge in [-0.05, 0) is 0 Å². The molecule has 0 aromatic rings. The summed E-state index contributed by atoms with van der Waals surface area (Å²) in [4.78, 5) is 0. The fourth-order valence-electron chi connectivity index (χ4n) is 0. The molecule has 0 saturated carbocycles. The van der Waals surface area contributed by atoms with Crippen molar-refractivity contribution in [1.29, 1.82) is 0 Å². The minimum Gasteiger partial charge on any atom is -0.412 e. The average molecular weight is 564 g/mol. The Morgan fingerprint density at radius 1 is 0.273 bits per heavy atom. The molecule has 0 amide bonds. The maximum absolute atomic E-state index is 8.49. The molecular formula is H12Cl3GdO18. The van der Waals surface area contributed by atoms with Crippen LogP contribution in [0.25, 0.3) is 0 Å². The van der Waals surface area contributed by atoms with Gasteiger partial charge in [-0.1, -0.05) is 0 Å². The maximum Gasteiger partial charge on any atom is 3.00 e. The SMILES string of the molecule is O.O.O.O.O.O.[Gd+3].[O-][Cl+3]([O-])([O-])[O-].[O-][Cl+3]([O-])([O-])[O-].[O-][Cl+3]([O-])([O-])[O-]. The van der Waals surface area contributed by atoms with Crippen LogP contribution in [0.1, 0.15) is 0 Å². The topological polar surface area (TPSA) is 466 Å². The zero-order chi connectivity index (χ0) is 13.5. The summed E-state index contributed by atoms with van der Waals surface area (Å²) in [6.45, 7) is 0. The van der Waals surface area contributed by atoms with Crippen LogP contribution in [0, 0.1) is 70.7 Å². The van der Waals surface area contributed by atoms with Gasteiger partial charge in [-0.3, -0.25) is 0 Å². The van der Waals surface area contributed by atoms with Crippen molar-refractivity contribution in [3.05, 3.63) is 0 Å². The molecular weight excluding hydrogens is 552 g/mol. The van der Waals surface area contributed by atoms with Crippen LogP contribution in [0.15, 0.2) is 0 Å². The summed E-state index contributed by atoms with van der Waals surface area (Å²) in [5.41, 5.74) is 0. The zero-order valence-corrected chi connectivity index (χ0v) is 13.9. The Balaban J connectivity index is -0.0000000106. The van der Waals surface area contributed by atoms with Crippen molar-refractivity contribution in [2.75, 3.05) is 0 Å². The van der Waals surface area contributed by atoms with E-state index in [1.807, 2.05) is 0 Å². The van der Waals surface area contributed by atoms with Gasteiger partial charge in [-0.15, -0.1) is 30.7 Å². The summed E-state index contributed by atoms with van der Waals surface area (Å²) in [5, 5.41) is 0. The van der Waals surface area contributed by atoms with Crippen LogP contribution in [-0.4, -0.2) is 32.9 Å². The van der Waals surface area contributed by atoms with Crippen molar-refractivity contribution in [3.8, 4) is 0 Å². The second-order valence-corrected chi connectivity index (χ2v) is 3.40. The number of halogens is 3. The van der Waals surface area contributed by atoms with Crippen LogP contribution in [-0.2, 0) is 0 Å². The minimum atomic E-state index is -4.94. The standard InChI is InChI=1S/3ClHO4.Gd.6H2O/c3*2-1(3,4)5;;;;;;;/h3*(H,2,3,4,5);;6*1H2/q;;;+3;;;;;;/p-3. The molecule has 0 atom stereocenters. The molecule has 0 spiro atoms. The third-order valence-corrected chi connectivity index (χ3v) is 0. The number of hydrogen-bond acceptors (Lipinski definition) is 12. The molecule has 12 N–H and O–H groups in total. The van der Waals surface area contributed by atoms with Crippen molar-refractivity contribution >= 4 is 0 Å². The Morgan fingerprint density at radius 3 is 0.273 bits per heavy atom. The first-order valence-corrected chi connectivity index (χ1v) is 5.55. The van der Waals surface area contributed by atoms with Crippen LogP contribution >= 0.6 is 0 Å². The maximum atomic E-state index is 8.49. The van der Waals surface area contributed by atoms with Crippen LogP contribution in [0.2, 0.25) is 0 Å². The molecule has 0 heterocycles. The largest absolute Gasteiger partial charge is 3.00 e. The minimum absolute atomic E-state index is 0. The zero-order valence-electron chi connectivity index (χ0n) is 9.39. The molecule has 22 heteroatoms. The smallest absolute Gasteiger partial charge is 0.412 e. The van der Waals surface area contributed by atoms with Crippen molar-refractivity contribution in [1.82, 2.24) is 0 Å². The molecule has 0 aliphatic heterocycles. The molecule has 18 nitrogen and oxygen atoms in total. The monoisotopic (exact) mass is 563 g/mol.